The van der Waals surface area contributed by atoms with Crippen LogP contribution in [-0.4, -0.2) is 6.21 Å². The van der Waals surface area contributed by atoms with Gasteiger partial charge in [0.05, 0.1) is 12.8 Å². The highest BCUT2D eigenvalue weighted by molar-refractivity contribution is 7.22. The van der Waals surface area contributed by atoms with E-state index in [-0.39, 0.29) is 0 Å². The highest BCUT2D eigenvalue weighted by Gasteiger charge is 2.01. The van der Waals surface area contributed by atoms with E-state index in [0.717, 1.165) is 5.76 Å². The normalized spacial score (nSPS) is 11.3. The summed E-state index contributed by atoms with van der Waals surface area (Å²) in [5.74, 6) is 0.890. The van der Waals surface area contributed by atoms with Crippen LogP contribution in [0.15, 0.2) is 57.5 Å². The minimum Gasteiger partial charge on any atom is -0.467 e. The van der Waals surface area contributed by atoms with Crippen LogP contribution in [0.25, 0.3) is 9.75 Å². The van der Waals surface area contributed by atoms with Gasteiger partial charge in [0.25, 0.3) is 0 Å². The fraction of sp³-hybridized carbons (Fsp3) is 0.0714. The molecule has 0 bridgehead atoms. The van der Waals surface area contributed by atoms with Gasteiger partial charge in [-0.05, 0) is 35.7 Å². The van der Waals surface area contributed by atoms with Crippen LogP contribution < -0.4 is 0 Å². The Morgan fingerprint density at radius 3 is 2.89 bits per heavy atom. The molecular weight excluding hydrogens is 262 g/mol. The molecule has 4 heteroatoms. The second-order valence-corrected chi connectivity index (χ2v) is 5.79. The summed E-state index contributed by atoms with van der Waals surface area (Å²) in [6.45, 7) is 0.596. The van der Waals surface area contributed by atoms with Crippen molar-refractivity contribution in [1.29, 1.82) is 0 Å². The molecule has 18 heavy (non-hydrogen) atoms. The van der Waals surface area contributed by atoms with E-state index in [1.807, 2.05) is 18.3 Å². The lowest BCUT2D eigenvalue weighted by Gasteiger charge is -1.89. The predicted octanol–water partition coefficient (Wildman–Crippen LogP) is 4.69. The topological polar surface area (TPSA) is 25.5 Å². The van der Waals surface area contributed by atoms with Crippen molar-refractivity contribution < 1.29 is 4.42 Å². The molecule has 0 aliphatic carbocycles. The van der Waals surface area contributed by atoms with E-state index in [1.54, 1.807) is 28.9 Å². The van der Waals surface area contributed by atoms with Gasteiger partial charge in [0.15, 0.2) is 0 Å². The van der Waals surface area contributed by atoms with Gasteiger partial charge >= 0.3 is 0 Å². The van der Waals surface area contributed by atoms with Crippen LogP contribution in [0.5, 0.6) is 0 Å². The molecule has 0 aliphatic heterocycles. The third-order valence-electron chi connectivity index (χ3n) is 2.44. The van der Waals surface area contributed by atoms with E-state index in [9.17, 15) is 0 Å². The molecule has 0 unspecified atom stereocenters. The summed E-state index contributed by atoms with van der Waals surface area (Å²) >= 11 is 3.52. The van der Waals surface area contributed by atoms with E-state index < -0.39 is 0 Å². The fourth-order valence-corrected chi connectivity index (χ4v) is 3.34. The number of thiophene rings is 2. The van der Waals surface area contributed by atoms with Gasteiger partial charge in [-0.2, -0.15) is 0 Å². The number of aliphatic imine (C=N–C) groups is 1. The fourth-order valence-electron chi connectivity index (χ4n) is 1.60. The molecule has 3 aromatic rings. The van der Waals surface area contributed by atoms with Crippen molar-refractivity contribution in [1.82, 2.24) is 0 Å². The summed E-state index contributed by atoms with van der Waals surface area (Å²) in [4.78, 5) is 8.15. The second-order valence-electron chi connectivity index (χ2n) is 3.73. The standard InChI is InChI=1S/C14H11NOS2/c1-3-11(16-7-1)9-15-10-12-5-6-14(18-12)13-4-2-8-17-13/h1-8,10H,9H2. The van der Waals surface area contributed by atoms with E-state index in [2.05, 4.69) is 34.6 Å². The van der Waals surface area contributed by atoms with Crippen molar-refractivity contribution in [3.8, 4) is 9.75 Å². The molecule has 0 aromatic carbocycles. The van der Waals surface area contributed by atoms with Crippen molar-refractivity contribution in [2.24, 2.45) is 4.99 Å². The maximum atomic E-state index is 5.23. The molecule has 0 N–H and O–H groups in total. The largest absolute Gasteiger partial charge is 0.467 e. The Hall–Kier alpha value is -1.65. The Morgan fingerprint density at radius 2 is 2.11 bits per heavy atom. The third-order valence-corrected chi connectivity index (χ3v) is 4.52. The zero-order chi connectivity index (χ0) is 12.2. The van der Waals surface area contributed by atoms with E-state index in [0.29, 0.717) is 6.54 Å². The van der Waals surface area contributed by atoms with Crippen LogP contribution in [0.4, 0.5) is 0 Å². The highest BCUT2D eigenvalue weighted by Crippen LogP contribution is 2.30. The first kappa shape index (κ1) is 11.4. The summed E-state index contributed by atoms with van der Waals surface area (Å²) < 4.78 is 5.23. The zero-order valence-electron chi connectivity index (χ0n) is 9.58. The van der Waals surface area contributed by atoms with Crippen molar-refractivity contribution in [3.63, 3.8) is 0 Å². The summed E-state index contributed by atoms with van der Waals surface area (Å²) in [7, 11) is 0. The molecule has 0 radical (unpaired) electrons. The molecule has 0 saturated heterocycles. The van der Waals surface area contributed by atoms with Crippen molar-refractivity contribution in [3.05, 3.63) is 58.7 Å². The molecule has 3 aromatic heterocycles. The summed E-state index contributed by atoms with van der Waals surface area (Å²) in [6.07, 6.45) is 3.58. The first-order valence-electron chi connectivity index (χ1n) is 5.58. The van der Waals surface area contributed by atoms with Gasteiger partial charge in [-0.25, -0.2) is 0 Å². The van der Waals surface area contributed by atoms with E-state index in [1.165, 1.54) is 14.6 Å². The predicted molar refractivity (Wildman–Crippen MR) is 77.6 cm³/mol. The Bertz CT molecular complexity index is 621. The van der Waals surface area contributed by atoms with Gasteiger partial charge in [-0.15, -0.1) is 22.7 Å². The lowest BCUT2D eigenvalue weighted by atomic mass is 10.4. The molecule has 0 fully saturated rings. The number of furan rings is 1. The molecule has 3 heterocycles. The summed E-state index contributed by atoms with van der Waals surface area (Å²) in [6, 6.07) is 12.3. The number of nitrogens with zero attached hydrogens (tertiary/aromatic N) is 1. The molecule has 90 valence electrons. The lowest BCUT2D eigenvalue weighted by molar-refractivity contribution is 0.513. The van der Waals surface area contributed by atoms with Crippen molar-refractivity contribution in [2.75, 3.05) is 0 Å². The molecular formula is C14H11NOS2. The van der Waals surface area contributed by atoms with Crippen molar-refractivity contribution >= 4 is 28.9 Å². The van der Waals surface area contributed by atoms with E-state index >= 15 is 0 Å². The zero-order valence-corrected chi connectivity index (χ0v) is 11.2. The van der Waals surface area contributed by atoms with Crippen molar-refractivity contribution in [2.45, 2.75) is 6.54 Å². The molecule has 0 saturated carbocycles. The minimum absolute atomic E-state index is 0.596. The van der Waals surface area contributed by atoms with Crippen LogP contribution in [0.2, 0.25) is 0 Å². The minimum atomic E-state index is 0.596. The van der Waals surface area contributed by atoms with Gasteiger partial charge in [-0.3, -0.25) is 4.99 Å². The first-order valence-corrected chi connectivity index (χ1v) is 7.27. The van der Waals surface area contributed by atoms with E-state index in [4.69, 9.17) is 4.42 Å². The molecule has 0 amide bonds. The number of hydrogen-bond acceptors (Lipinski definition) is 4. The van der Waals surface area contributed by atoms with Crippen LogP contribution in [-0.2, 0) is 6.54 Å². The van der Waals surface area contributed by atoms with Gasteiger partial charge in [0.2, 0.25) is 0 Å². The lowest BCUT2D eigenvalue weighted by Crippen LogP contribution is -1.77. The Balaban J connectivity index is 1.68. The Morgan fingerprint density at radius 1 is 1.11 bits per heavy atom. The summed E-state index contributed by atoms with van der Waals surface area (Å²) in [5.41, 5.74) is 0. The van der Waals surface area contributed by atoms with Crippen LogP contribution in [0.1, 0.15) is 10.6 Å². The van der Waals surface area contributed by atoms with Gasteiger partial charge < -0.3 is 4.42 Å². The quantitative estimate of drug-likeness (QED) is 0.633. The number of hydrogen-bond donors (Lipinski definition) is 0. The van der Waals surface area contributed by atoms with Gasteiger partial charge in [0, 0.05) is 20.8 Å². The molecule has 0 aliphatic rings. The first-order chi connectivity index (χ1) is 8.92. The monoisotopic (exact) mass is 273 g/mol. The average Bonchev–Trinajstić information content (AvgIpc) is 3.12. The maximum absolute atomic E-state index is 5.23. The Kier molecular flexibility index (Phi) is 3.39. The SMILES string of the molecule is C(=NCc1ccco1)c1ccc(-c2cccs2)s1. The maximum Gasteiger partial charge on any atom is 0.125 e. The third kappa shape index (κ3) is 2.60. The van der Waals surface area contributed by atoms with Crippen LogP contribution in [0, 0.1) is 0 Å². The summed E-state index contributed by atoms with van der Waals surface area (Å²) in [5, 5.41) is 2.10. The van der Waals surface area contributed by atoms with Crippen LogP contribution >= 0.6 is 22.7 Å². The van der Waals surface area contributed by atoms with Gasteiger partial charge in [-0.1, -0.05) is 6.07 Å². The molecule has 0 atom stereocenters. The second kappa shape index (κ2) is 5.33. The average molecular weight is 273 g/mol. The molecule has 0 spiro atoms. The molecule has 2 nitrogen and oxygen atoms in total. The van der Waals surface area contributed by atoms with Gasteiger partial charge in [0.1, 0.15) is 5.76 Å². The van der Waals surface area contributed by atoms with Crippen LogP contribution in [0.3, 0.4) is 0 Å². The molecule has 3 rings (SSSR count). The number of rotatable bonds is 4. The Labute approximate surface area is 113 Å². The smallest absolute Gasteiger partial charge is 0.125 e. The highest BCUT2D eigenvalue weighted by atomic mass is 32.1.